The Morgan fingerprint density at radius 2 is 1.89 bits per heavy atom. The van der Waals surface area contributed by atoms with Crippen LogP contribution in [0.25, 0.3) is 0 Å². The molecule has 0 aromatic heterocycles. The van der Waals surface area contributed by atoms with Gasteiger partial charge in [-0.25, -0.2) is 0 Å². The molecule has 6 heteroatoms. The number of nitrogens with zero attached hydrogens (tertiary/aromatic N) is 1. The van der Waals surface area contributed by atoms with Crippen LogP contribution < -0.4 is 16.0 Å². The highest BCUT2D eigenvalue weighted by Gasteiger charge is 2.40. The number of nitrogens with one attached hydrogen (secondary N) is 1. The molecule has 0 aliphatic carbocycles. The van der Waals surface area contributed by atoms with Crippen LogP contribution in [-0.4, -0.2) is 28.9 Å². The summed E-state index contributed by atoms with van der Waals surface area (Å²) < 4.78 is 0. The van der Waals surface area contributed by atoms with E-state index in [1.807, 2.05) is 12.1 Å². The summed E-state index contributed by atoms with van der Waals surface area (Å²) in [7, 11) is 0. The van der Waals surface area contributed by atoms with Crippen molar-refractivity contribution >= 4 is 34.7 Å². The van der Waals surface area contributed by atoms with Crippen LogP contribution in [0.15, 0.2) is 24.3 Å². The van der Waals surface area contributed by atoms with E-state index in [1.54, 1.807) is 30.9 Å². The fourth-order valence-corrected chi connectivity index (χ4v) is 2.14. The van der Waals surface area contributed by atoms with E-state index in [4.69, 9.17) is 18.0 Å². The van der Waals surface area contributed by atoms with Crippen molar-refractivity contribution < 1.29 is 9.59 Å². The SMILES string of the molecule is CC1(C)C(=O)NC(=O)CN1c1ccc(C(N)=S)cc1. The maximum absolute atomic E-state index is 11.9. The molecule has 5 nitrogen and oxygen atoms in total. The van der Waals surface area contributed by atoms with Crippen molar-refractivity contribution in [2.24, 2.45) is 5.73 Å². The zero-order valence-electron chi connectivity index (χ0n) is 10.8. The fourth-order valence-electron chi connectivity index (χ4n) is 2.00. The lowest BCUT2D eigenvalue weighted by molar-refractivity contribution is -0.135. The topological polar surface area (TPSA) is 75.4 Å². The first-order valence-electron chi connectivity index (χ1n) is 5.84. The summed E-state index contributed by atoms with van der Waals surface area (Å²) in [6.45, 7) is 3.69. The summed E-state index contributed by atoms with van der Waals surface area (Å²) in [4.78, 5) is 25.5. The smallest absolute Gasteiger partial charge is 0.251 e. The zero-order chi connectivity index (χ0) is 14.2. The van der Waals surface area contributed by atoms with Crippen molar-refractivity contribution in [2.45, 2.75) is 19.4 Å². The van der Waals surface area contributed by atoms with E-state index in [2.05, 4.69) is 5.32 Å². The standard InChI is InChI=1S/C13H15N3O2S/c1-13(2)12(18)15-10(17)7-16(13)9-5-3-8(4-6-9)11(14)19/h3-6H,7H2,1-2H3,(H2,14,19)(H,15,17,18). The van der Waals surface area contributed by atoms with Gasteiger partial charge in [-0.2, -0.15) is 0 Å². The number of piperazine rings is 1. The second kappa shape index (κ2) is 4.62. The number of amides is 2. The lowest BCUT2D eigenvalue weighted by atomic mass is 9.97. The molecule has 1 heterocycles. The average molecular weight is 277 g/mol. The summed E-state index contributed by atoms with van der Waals surface area (Å²) in [6, 6.07) is 7.18. The van der Waals surface area contributed by atoms with E-state index in [1.165, 1.54) is 0 Å². The molecule has 1 aromatic rings. The molecule has 1 aliphatic rings. The molecule has 2 rings (SSSR count). The number of thiocarbonyl (C=S) groups is 1. The molecule has 1 saturated heterocycles. The zero-order valence-corrected chi connectivity index (χ0v) is 11.6. The van der Waals surface area contributed by atoms with Crippen LogP contribution in [0.2, 0.25) is 0 Å². The van der Waals surface area contributed by atoms with Gasteiger partial charge in [0, 0.05) is 11.3 Å². The molecule has 0 saturated carbocycles. The normalized spacial score (nSPS) is 18.1. The largest absolute Gasteiger partial charge is 0.389 e. The number of carbonyl (C=O) groups is 2. The lowest BCUT2D eigenvalue weighted by Gasteiger charge is -2.41. The van der Waals surface area contributed by atoms with Crippen molar-refractivity contribution in [3.63, 3.8) is 0 Å². The molecule has 19 heavy (non-hydrogen) atoms. The molecule has 1 aliphatic heterocycles. The molecule has 0 unspecified atom stereocenters. The van der Waals surface area contributed by atoms with Crippen LogP contribution in [0.3, 0.4) is 0 Å². The van der Waals surface area contributed by atoms with Crippen molar-refractivity contribution in [1.29, 1.82) is 0 Å². The number of rotatable bonds is 2. The Morgan fingerprint density at radius 1 is 1.32 bits per heavy atom. The molecular weight excluding hydrogens is 262 g/mol. The first-order chi connectivity index (χ1) is 8.82. The summed E-state index contributed by atoms with van der Waals surface area (Å²) in [6.07, 6.45) is 0. The van der Waals surface area contributed by atoms with Crippen molar-refractivity contribution in [3.05, 3.63) is 29.8 Å². The van der Waals surface area contributed by atoms with Gasteiger partial charge in [0.25, 0.3) is 5.91 Å². The van der Waals surface area contributed by atoms with Crippen LogP contribution in [0.5, 0.6) is 0 Å². The minimum atomic E-state index is -0.779. The summed E-state index contributed by atoms with van der Waals surface area (Å²) in [5.41, 5.74) is 6.30. The maximum atomic E-state index is 11.9. The number of imide groups is 1. The van der Waals surface area contributed by atoms with E-state index in [0.29, 0.717) is 4.99 Å². The molecule has 0 radical (unpaired) electrons. The summed E-state index contributed by atoms with van der Waals surface area (Å²) >= 11 is 4.89. The third-order valence-electron chi connectivity index (χ3n) is 3.25. The van der Waals surface area contributed by atoms with Crippen LogP contribution >= 0.6 is 12.2 Å². The molecule has 100 valence electrons. The number of carbonyl (C=O) groups excluding carboxylic acids is 2. The minimum absolute atomic E-state index is 0.144. The first kappa shape index (κ1) is 13.5. The van der Waals surface area contributed by atoms with E-state index in [-0.39, 0.29) is 18.4 Å². The Hall–Kier alpha value is -1.95. The highest BCUT2D eigenvalue weighted by atomic mass is 32.1. The predicted molar refractivity (Wildman–Crippen MR) is 76.9 cm³/mol. The van der Waals surface area contributed by atoms with Gasteiger partial charge in [0.1, 0.15) is 10.5 Å². The number of hydrogen-bond donors (Lipinski definition) is 2. The van der Waals surface area contributed by atoms with Gasteiger partial charge >= 0.3 is 0 Å². The van der Waals surface area contributed by atoms with Gasteiger partial charge in [0.05, 0.1) is 6.54 Å². The fraction of sp³-hybridized carbons (Fsp3) is 0.308. The second-order valence-electron chi connectivity index (χ2n) is 4.93. The number of anilines is 1. The molecule has 1 fully saturated rings. The van der Waals surface area contributed by atoms with Gasteiger partial charge in [-0.15, -0.1) is 0 Å². The monoisotopic (exact) mass is 277 g/mol. The molecule has 2 amide bonds. The molecule has 0 bridgehead atoms. The third kappa shape index (κ3) is 2.44. The Morgan fingerprint density at radius 3 is 2.42 bits per heavy atom. The molecule has 0 spiro atoms. The van der Waals surface area contributed by atoms with Gasteiger partial charge in [0.15, 0.2) is 0 Å². The molecular formula is C13H15N3O2S. The van der Waals surface area contributed by atoms with Crippen molar-refractivity contribution in [1.82, 2.24) is 5.32 Å². The first-order valence-corrected chi connectivity index (χ1v) is 6.25. The lowest BCUT2D eigenvalue weighted by Crippen LogP contribution is -2.64. The average Bonchev–Trinajstić information content (AvgIpc) is 2.34. The van der Waals surface area contributed by atoms with Gasteiger partial charge in [-0.05, 0) is 38.1 Å². The number of nitrogens with two attached hydrogens (primary N) is 1. The van der Waals surface area contributed by atoms with E-state index < -0.39 is 5.54 Å². The summed E-state index contributed by atoms with van der Waals surface area (Å²) in [5, 5.41) is 2.34. The van der Waals surface area contributed by atoms with Gasteiger partial charge in [0.2, 0.25) is 5.91 Å². The molecule has 1 aromatic carbocycles. The number of hydrogen-bond acceptors (Lipinski definition) is 4. The van der Waals surface area contributed by atoms with E-state index in [0.717, 1.165) is 11.3 Å². The Bertz CT molecular complexity index is 552. The minimum Gasteiger partial charge on any atom is -0.389 e. The quantitative estimate of drug-likeness (QED) is 0.610. The maximum Gasteiger partial charge on any atom is 0.251 e. The highest BCUT2D eigenvalue weighted by molar-refractivity contribution is 7.80. The van der Waals surface area contributed by atoms with Crippen LogP contribution in [-0.2, 0) is 9.59 Å². The van der Waals surface area contributed by atoms with Gasteiger partial charge < -0.3 is 10.6 Å². The van der Waals surface area contributed by atoms with E-state index in [9.17, 15) is 9.59 Å². The van der Waals surface area contributed by atoms with Crippen molar-refractivity contribution in [2.75, 3.05) is 11.4 Å². The van der Waals surface area contributed by atoms with Gasteiger partial charge in [-0.1, -0.05) is 12.2 Å². The highest BCUT2D eigenvalue weighted by Crippen LogP contribution is 2.26. The summed E-state index contributed by atoms with van der Waals surface area (Å²) in [5.74, 6) is -0.607. The Kier molecular flexibility index (Phi) is 3.28. The molecule has 3 N–H and O–H groups in total. The Balaban J connectivity index is 2.36. The predicted octanol–water partition coefficient (Wildman–Crippen LogP) is 0.562. The third-order valence-corrected chi connectivity index (χ3v) is 3.48. The number of benzene rings is 1. The second-order valence-corrected chi connectivity index (χ2v) is 5.37. The van der Waals surface area contributed by atoms with Gasteiger partial charge in [-0.3, -0.25) is 14.9 Å². The Labute approximate surface area is 116 Å². The van der Waals surface area contributed by atoms with E-state index >= 15 is 0 Å². The van der Waals surface area contributed by atoms with Crippen molar-refractivity contribution in [3.8, 4) is 0 Å². The van der Waals surface area contributed by atoms with Crippen LogP contribution in [0.4, 0.5) is 5.69 Å². The van der Waals surface area contributed by atoms with Crippen LogP contribution in [0, 0.1) is 0 Å². The molecule has 0 atom stereocenters. The van der Waals surface area contributed by atoms with Crippen LogP contribution in [0.1, 0.15) is 19.4 Å².